The van der Waals surface area contributed by atoms with Gasteiger partial charge in [0.2, 0.25) is 11.4 Å². The highest BCUT2D eigenvalue weighted by Crippen LogP contribution is 2.38. The molecule has 2 nitrogen and oxygen atoms in total. The van der Waals surface area contributed by atoms with Gasteiger partial charge in [-0.25, -0.2) is 4.70 Å². The summed E-state index contributed by atoms with van der Waals surface area (Å²) >= 11 is 0. The molecule has 3 rings (SSSR count). The van der Waals surface area contributed by atoms with Crippen LogP contribution in [0.15, 0.2) is 48.1 Å². The van der Waals surface area contributed by atoms with Crippen molar-refractivity contribution < 1.29 is 4.70 Å². The molecule has 2 aromatic rings. The van der Waals surface area contributed by atoms with Crippen LogP contribution in [0.25, 0.3) is 16.9 Å². The van der Waals surface area contributed by atoms with Crippen LogP contribution in [0.4, 0.5) is 0 Å². The fourth-order valence-electron chi connectivity index (χ4n) is 8.50. The molecular weight excluding hydrogens is 641 g/mol. The predicted molar refractivity (Wildman–Crippen MR) is 235 cm³/mol. The number of nitrogens with zero attached hydrogens (tertiary/aromatic N) is 2. The minimum absolute atomic E-state index is 0.881. The summed E-state index contributed by atoms with van der Waals surface area (Å²) in [6, 6.07) is 9.19. The van der Waals surface area contributed by atoms with Gasteiger partial charge in [0.15, 0.2) is 0 Å². The molecule has 0 radical (unpaired) electrons. The number of rotatable bonds is 29. The van der Waals surface area contributed by atoms with Crippen molar-refractivity contribution in [2.75, 3.05) is 0 Å². The zero-order chi connectivity index (χ0) is 38.3. The minimum Gasteiger partial charge on any atom is -0.493 e. The molecule has 2 aromatic carbocycles. The van der Waals surface area contributed by atoms with Crippen LogP contribution in [-0.2, 0) is 12.8 Å². The van der Waals surface area contributed by atoms with Crippen molar-refractivity contribution in [1.29, 1.82) is 0 Å². The molecule has 0 bridgehead atoms. The quantitative estimate of drug-likeness (QED) is 0.0591. The third kappa shape index (κ3) is 15.5. The van der Waals surface area contributed by atoms with Gasteiger partial charge < -0.3 is 5.53 Å². The summed E-state index contributed by atoms with van der Waals surface area (Å²) in [6.45, 7) is 15.8. The fourth-order valence-corrected chi connectivity index (χ4v) is 8.50. The standard InChI is InChI=1S/C51H80N2/c1-8-11-14-15-16-17-18-19-20-21-22-23-24-25-26-27-28-29-32-33-45-40-50(46-36-41(4)48(42(5)37-46)34-30-12-9-2)53(52)51(45)47-38-43(6)49(44(7)39-47)35-31-13-10-3/h32-33,36-40H,8-31,34-35H2,1-7H3. The summed E-state index contributed by atoms with van der Waals surface area (Å²) in [5, 5.41) is 0. The number of unbranched alkanes of at least 4 members (excludes halogenated alkanes) is 21. The van der Waals surface area contributed by atoms with Gasteiger partial charge in [-0.2, -0.15) is 0 Å². The van der Waals surface area contributed by atoms with E-state index < -0.39 is 0 Å². The van der Waals surface area contributed by atoms with E-state index in [0.29, 0.717) is 0 Å². The van der Waals surface area contributed by atoms with Gasteiger partial charge in [0.1, 0.15) is 0 Å². The average molecular weight is 721 g/mol. The van der Waals surface area contributed by atoms with Crippen molar-refractivity contribution in [2.24, 2.45) is 0 Å². The summed E-state index contributed by atoms with van der Waals surface area (Å²) in [6.07, 6.45) is 41.6. The van der Waals surface area contributed by atoms with E-state index in [0.717, 1.165) is 47.4 Å². The second kappa shape index (κ2) is 26.1. The highest BCUT2D eigenvalue weighted by atomic mass is 15.2. The first-order chi connectivity index (χ1) is 25.8. The zero-order valence-electron chi connectivity index (χ0n) is 35.8. The monoisotopic (exact) mass is 721 g/mol. The molecule has 0 saturated heterocycles. The lowest BCUT2D eigenvalue weighted by Gasteiger charge is -2.16. The van der Waals surface area contributed by atoms with E-state index in [1.807, 2.05) is 0 Å². The average Bonchev–Trinajstić information content (AvgIpc) is 3.46. The van der Waals surface area contributed by atoms with Crippen molar-refractivity contribution in [3.05, 3.63) is 98.1 Å². The van der Waals surface area contributed by atoms with Crippen LogP contribution >= 0.6 is 0 Å². The molecule has 0 spiro atoms. The number of aryl methyl sites for hydroxylation is 4. The normalized spacial score (nSPS) is 13.3. The Morgan fingerprint density at radius 2 is 0.830 bits per heavy atom. The van der Waals surface area contributed by atoms with Crippen LogP contribution in [0.3, 0.4) is 0 Å². The lowest BCUT2D eigenvalue weighted by Crippen LogP contribution is -2.05. The summed E-state index contributed by atoms with van der Waals surface area (Å²) < 4.78 is 1.48. The third-order valence-electron chi connectivity index (χ3n) is 11.8. The molecule has 0 unspecified atom stereocenters. The Morgan fingerprint density at radius 3 is 1.25 bits per heavy atom. The third-order valence-corrected chi connectivity index (χ3v) is 11.8. The molecule has 0 N–H and O–H groups in total. The van der Waals surface area contributed by atoms with E-state index in [4.69, 9.17) is 0 Å². The smallest absolute Gasteiger partial charge is 0.214 e. The molecule has 0 fully saturated rings. The Kier molecular flexibility index (Phi) is 22.0. The highest BCUT2D eigenvalue weighted by Gasteiger charge is 2.29. The van der Waals surface area contributed by atoms with Gasteiger partial charge >= 0.3 is 0 Å². The Morgan fingerprint density at radius 1 is 0.472 bits per heavy atom. The van der Waals surface area contributed by atoms with Crippen molar-refractivity contribution in [3.8, 4) is 0 Å². The first-order valence-electron chi connectivity index (χ1n) is 22.6. The van der Waals surface area contributed by atoms with Crippen molar-refractivity contribution in [3.63, 3.8) is 0 Å². The van der Waals surface area contributed by atoms with Gasteiger partial charge in [0.25, 0.3) is 0 Å². The first kappa shape index (κ1) is 44.7. The lowest BCUT2D eigenvalue weighted by atomic mass is 9.93. The Labute approximate surface area is 328 Å². The van der Waals surface area contributed by atoms with Crippen LogP contribution < -0.4 is 0 Å². The molecule has 294 valence electrons. The molecular formula is C51H80N2. The number of hydrogen-bond donors (Lipinski definition) is 0. The second-order valence-electron chi connectivity index (χ2n) is 16.6. The largest absolute Gasteiger partial charge is 0.493 e. The predicted octanol–water partition coefficient (Wildman–Crippen LogP) is 16.8. The number of allylic oxidation sites excluding steroid dienone is 4. The van der Waals surface area contributed by atoms with E-state index in [2.05, 4.69) is 91.0 Å². The molecule has 0 atom stereocenters. The van der Waals surface area contributed by atoms with E-state index in [1.54, 1.807) is 0 Å². The minimum atomic E-state index is 0.881. The fraction of sp³-hybridized carbons (Fsp3) is 0.647. The number of benzene rings is 2. The van der Waals surface area contributed by atoms with Crippen LogP contribution in [-0.4, -0.2) is 4.70 Å². The summed E-state index contributed by atoms with van der Waals surface area (Å²) in [5.41, 5.74) is 25.3. The Balaban J connectivity index is 1.57. The summed E-state index contributed by atoms with van der Waals surface area (Å²) in [4.78, 5) is 0. The molecule has 1 aliphatic heterocycles. The van der Waals surface area contributed by atoms with Gasteiger partial charge in [-0.3, -0.25) is 0 Å². The first-order valence-corrected chi connectivity index (χ1v) is 22.6. The summed E-state index contributed by atoms with van der Waals surface area (Å²) in [5.74, 6) is 0. The Bertz CT molecular complexity index is 1420. The van der Waals surface area contributed by atoms with E-state index in [9.17, 15) is 5.53 Å². The van der Waals surface area contributed by atoms with Crippen molar-refractivity contribution in [2.45, 2.75) is 215 Å². The van der Waals surface area contributed by atoms with Gasteiger partial charge in [0, 0.05) is 17.2 Å². The molecule has 0 aromatic heterocycles. The van der Waals surface area contributed by atoms with Crippen LogP contribution in [0.5, 0.6) is 0 Å². The van der Waals surface area contributed by atoms with Crippen LogP contribution in [0.1, 0.15) is 219 Å². The lowest BCUT2D eigenvalue weighted by molar-refractivity contribution is -0.344. The van der Waals surface area contributed by atoms with Gasteiger partial charge in [-0.15, -0.1) is 0 Å². The molecule has 0 saturated carbocycles. The number of hydrogen-bond acceptors (Lipinski definition) is 0. The van der Waals surface area contributed by atoms with Gasteiger partial charge in [-0.1, -0.05) is 161 Å². The SMILES string of the molecule is CCCCCCCCCCCCCCCCCCCC=CC1=C(c2cc(C)c(CCCCC)c(C)c2)[N+](=[N-])C(c2cc(C)c(CCCCC)c(C)c2)=C1. The zero-order valence-corrected chi connectivity index (χ0v) is 35.8. The maximum absolute atomic E-state index is 11.9. The van der Waals surface area contributed by atoms with Gasteiger partial charge in [-0.05, 0) is 124 Å². The Hall–Kier alpha value is -2.74. The maximum atomic E-state index is 11.9. The molecule has 1 heterocycles. The van der Waals surface area contributed by atoms with Crippen LogP contribution in [0.2, 0.25) is 0 Å². The van der Waals surface area contributed by atoms with E-state index in [1.165, 1.54) is 186 Å². The van der Waals surface area contributed by atoms with E-state index in [-0.39, 0.29) is 0 Å². The van der Waals surface area contributed by atoms with Crippen LogP contribution in [0, 0.1) is 27.7 Å². The highest BCUT2D eigenvalue weighted by molar-refractivity contribution is 5.81. The van der Waals surface area contributed by atoms with Crippen molar-refractivity contribution in [1.82, 2.24) is 0 Å². The molecule has 2 heteroatoms. The molecule has 0 aliphatic carbocycles. The maximum Gasteiger partial charge on any atom is 0.214 e. The second-order valence-corrected chi connectivity index (χ2v) is 16.6. The molecule has 0 amide bonds. The molecule has 53 heavy (non-hydrogen) atoms. The van der Waals surface area contributed by atoms with E-state index >= 15 is 0 Å². The van der Waals surface area contributed by atoms with Crippen molar-refractivity contribution >= 4 is 11.4 Å². The summed E-state index contributed by atoms with van der Waals surface area (Å²) in [7, 11) is 0. The van der Waals surface area contributed by atoms with Gasteiger partial charge in [0.05, 0.1) is 5.57 Å². The molecule has 1 aliphatic rings. The topological polar surface area (TPSA) is 25.3 Å².